The number of anilines is 1. The third-order valence-electron chi connectivity index (χ3n) is 2.91. The van der Waals surface area contributed by atoms with Gasteiger partial charge in [-0.2, -0.15) is 0 Å². The van der Waals surface area contributed by atoms with E-state index in [9.17, 15) is 14.0 Å². The first-order valence-corrected chi connectivity index (χ1v) is 6.37. The standard InChI is InChI=1S/C15H11ClFNO3/c1-8-7-9(16)5-6-10(8)14(19)18-12-4-2-3-11(17)13(12)15(20)21/h2-7H,1H3,(H,18,19)(H,20,21). The molecule has 2 N–H and O–H groups in total. The molecule has 2 aromatic carbocycles. The van der Waals surface area contributed by atoms with E-state index >= 15 is 0 Å². The minimum Gasteiger partial charge on any atom is -0.478 e. The average Bonchev–Trinajstić information content (AvgIpc) is 2.37. The van der Waals surface area contributed by atoms with E-state index in [2.05, 4.69) is 5.32 Å². The van der Waals surface area contributed by atoms with Crippen LogP contribution in [0.4, 0.5) is 10.1 Å². The van der Waals surface area contributed by atoms with Crippen LogP contribution in [0, 0.1) is 12.7 Å². The fourth-order valence-corrected chi connectivity index (χ4v) is 2.14. The third kappa shape index (κ3) is 3.20. The van der Waals surface area contributed by atoms with Crippen molar-refractivity contribution >= 4 is 29.2 Å². The van der Waals surface area contributed by atoms with Gasteiger partial charge in [0.15, 0.2) is 0 Å². The normalized spacial score (nSPS) is 10.2. The van der Waals surface area contributed by atoms with E-state index in [1.165, 1.54) is 18.2 Å². The lowest BCUT2D eigenvalue weighted by atomic mass is 10.1. The van der Waals surface area contributed by atoms with Crippen LogP contribution in [0.3, 0.4) is 0 Å². The zero-order valence-electron chi connectivity index (χ0n) is 11.0. The summed E-state index contributed by atoms with van der Waals surface area (Å²) in [4.78, 5) is 23.2. The number of carboxylic acids is 1. The van der Waals surface area contributed by atoms with E-state index in [1.807, 2.05) is 0 Å². The molecule has 1 amide bonds. The smallest absolute Gasteiger partial charge is 0.340 e. The van der Waals surface area contributed by atoms with Crippen molar-refractivity contribution in [3.63, 3.8) is 0 Å². The van der Waals surface area contributed by atoms with E-state index in [0.717, 1.165) is 6.07 Å². The van der Waals surface area contributed by atoms with Gasteiger partial charge in [-0.25, -0.2) is 9.18 Å². The molecule has 21 heavy (non-hydrogen) atoms. The highest BCUT2D eigenvalue weighted by molar-refractivity contribution is 6.30. The molecule has 4 nitrogen and oxygen atoms in total. The fraction of sp³-hybridized carbons (Fsp3) is 0.0667. The van der Waals surface area contributed by atoms with Gasteiger partial charge in [0.1, 0.15) is 11.4 Å². The predicted molar refractivity (Wildman–Crippen MR) is 77.5 cm³/mol. The van der Waals surface area contributed by atoms with Gasteiger partial charge in [-0.1, -0.05) is 17.7 Å². The van der Waals surface area contributed by atoms with Crippen LogP contribution >= 0.6 is 11.6 Å². The number of rotatable bonds is 3. The second-order valence-corrected chi connectivity index (χ2v) is 4.82. The molecule has 0 aromatic heterocycles. The van der Waals surface area contributed by atoms with Crippen LogP contribution in [-0.4, -0.2) is 17.0 Å². The van der Waals surface area contributed by atoms with Gasteiger partial charge in [0.2, 0.25) is 0 Å². The van der Waals surface area contributed by atoms with Crippen molar-refractivity contribution in [2.45, 2.75) is 6.92 Å². The summed E-state index contributed by atoms with van der Waals surface area (Å²) in [7, 11) is 0. The van der Waals surface area contributed by atoms with Crippen LogP contribution in [0.25, 0.3) is 0 Å². The minimum absolute atomic E-state index is 0.0955. The van der Waals surface area contributed by atoms with Gasteiger partial charge >= 0.3 is 5.97 Å². The molecule has 0 spiro atoms. The van der Waals surface area contributed by atoms with E-state index in [4.69, 9.17) is 16.7 Å². The summed E-state index contributed by atoms with van der Waals surface area (Å²) in [5, 5.41) is 11.9. The minimum atomic E-state index is -1.45. The van der Waals surface area contributed by atoms with Crippen LogP contribution in [0.15, 0.2) is 36.4 Å². The lowest BCUT2D eigenvalue weighted by molar-refractivity contribution is 0.0693. The highest BCUT2D eigenvalue weighted by atomic mass is 35.5. The number of nitrogens with one attached hydrogen (secondary N) is 1. The zero-order chi connectivity index (χ0) is 15.6. The number of carbonyl (C=O) groups excluding carboxylic acids is 1. The first kappa shape index (κ1) is 15.0. The van der Waals surface area contributed by atoms with Crippen molar-refractivity contribution in [2.75, 3.05) is 5.32 Å². The highest BCUT2D eigenvalue weighted by Crippen LogP contribution is 2.21. The molecule has 6 heteroatoms. The summed E-state index contributed by atoms with van der Waals surface area (Å²) in [6.45, 7) is 1.70. The van der Waals surface area contributed by atoms with Crippen molar-refractivity contribution < 1.29 is 19.1 Å². The van der Waals surface area contributed by atoms with Crippen LogP contribution in [0.2, 0.25) is 5.02 Å². The zero-order valence-corrected chi connectivity index (χ0v) is 11.7. The number of benzene rings is 2. The summed E-state index contributed by atoms with van der Waals surface area (Å²) in [6.07, 6.45) is 0. The number of halogens is 2. The molecule has 0 bridgehead atoms. The SMILES string of the molecule is Cc1cc(Cl)ccc1C(=O)Nc1cccc(F)c1C(=O)O. The largest absolute Gasteiger partial charge is 0.478 e. The maximum absolute atomic E-state index is 13.5. The number of carboxylic acid groups (broad SMARTS) is 1. The summed E-state index contributed by atoms with van der Waals surface area (Å²) in [6, 6.07) is 8.36. The second-order valence-electron chi connectivity index (χ2n) is 4.38. The number of carbonyl (C=O) groups is 2. The first-order chi connectivity index (χ1) is 9.90. The molecule has 2 rings (SSSR count). The lowest BCUT2D eigenvalue weighted by Gasteiger charge is -2.10. The van der Waals surface area contributed by atoms with Crippen LogP contribution in [0.1, 0.15) is 26.3 Å². The molecule has 0 heterocycles. The Balaban J connectivity index is 2.36. The molecular weight excluding hydrogens is 297 g/mol. The molecular formula is C15H11ClFNO3. The third-order valence-corrected chi connectivity index (χ3v) is 3.14. The van der Waals surface area contributed by atoms with Crippen molar-refractivity contribution in [1.82, 2.24) is 0 Å². The number of hydrogen-bond donors (Lipinski definition) is 2. The molecule has 0 radical (unpaired) electrons. The Bertz CT molecular complexity index is 731. The van der Waals surface area contributed by atoms with Crippen molar-refractivity contribution in [1.29, 1.82) is 0 Å². The summed E-state index contributed by atoms with van der Waals surface area (Å²) < 4.78 is 13.5. The Kier molecular flexibility index (Phi) is 4.23. The number of aromatic carboxylic acids is 1. The van der Waals surface area contributed by atoms with Gasteiger partial charge in [-0.05, 0) is 42.8 Å². The highest BCUT2D eigenvalue weighted by Gasteiger charge is 2.18. The average molecular weight is 308 g/mol. The quantitative estimate of drug-likeness (QED) is 0.907. The van der Waals surface area contributed by atoms with Gasteiger partial charge in [-0.3, -0.25) is 4.79 Å². The number of hydrogen-bond acceptors (Lipinski definition) is 2. The monoisotopic (exact) mass is 307 g/mol. The summed E-state index contributed by atoms with van der Waals surface area (Å²) in [5.41, 5.74) is 0.299. The van der Waals surface area contributed by atoms with E-state index in [0.29, 0.717) is 16.1 Å². The molecule has 0 aliphatic carbocycles. The lowest BCUT2D eigenvalue weighted by Crippen LogP contribution is -2.16. The van der Waals surface area contributed by atoms with Crippen molar-refractivity contribution in [3.8, 4) is 0 Å². The molecule has 0 aliphatic heterocycles. The van der Waals surface area contributed by atoms with E-state index in [1.54, 1.807) is 19.1 Å². The van der Waals surface area contributed by atoms with Crippen molar-refractivity contribution in [2.24, 2.45) is 0 Å². The first-order valence-electron chi connectivity index (χ1n) is 5.99. The van der Waals surface area contributed by atoms with Gasteiger partial charge in [0.05, 0.1) is 5.69 Å². The van der Waals surface area contributed by atoms with E-state index < -0.39 is 23.3 Å². The van der Waals surface area contributed by atoms with Crippen molar-refractivity contribution in [3.05, 3.63) is 63.9 Å². The van der Waals surface area contributed by atoms with Gasteiger partial charge < -0.3 is 10.4 Å². The maximum Gasteiger partial charge on any atom is 0.340 e. The molecule has 108 valence electrons. The molecule has 0 saturated heterocycles. The fourth-order valence-electron chi connectivity index (χ4n) is 1.92. The predicted octanol–water partition coefficient (Wildman–Crippen LogP) is 3.74. The van der Waals surface area contributed by atoms with E-state index in [-0.39, 0.29) is 5.69 Å². The van der Waals surface area contributed by atoms with Gasteiger partial charge in [0.25, 0.3) is 5.91 Å². The Morgan fingerprint density at radius 2 is 1.95 bits per heavy atom. The molecule has 0 aliphatic rings. The van der Waals surface area contributed by atoms with Crippen LogP contribution < -0.4 is 5.32 Å². The molecule has 0 saturated carbocycles. The Morgan fingerprint density at radius 1 is 1.24 bits per heavy atom. The summed E-state index contributed by atoms with van der Waals surface area (Å²) in [5.74, 6) is -2.89. The van der Waals surface area contributed by atoms with Gasteiger partial charge in [0, 0.05) is 10.6 Å². The number of amides is 1. The maximum atomic E-state index is 13.5. The molecule has 0 atom stereocenters. The van der Waals surface area contributed by atoms with Gasteiger partial charge in [-0.15, -0.1) is 0 Å². The Labute approximate surface area is 125 Å². The second kappa shape index (κ2) is 5.93. The topological polar surface area (TPSA) is 66.4 Å². The Morgan fingerprint density at radius 3 is 2.57 bits per heavy atom. The Hall–Kier alpha value is -2.40. The van der Waals surface area contributed by atoms with Crippen LogP contribution in [-0.2, 0) is 0 Å². The molecule has 0 unspecified atom stereocenters. The summed E-state index contributed by atoms with van der Waals surface area (Å²) >= 11 is 5.81. The molecule has 2 aromatic rings. The van der Waals surface area contributed by atoms with Crippen LogP contribution in [0.5, 0.6) is 0 Å². The molecule has 0 fully saturated rings. The number of aryl methyl sites for hydroxylation is 1.